The van der Waals surface area contributed by atoms with E-state index in [1.54, 1.807) is 0 Å². The molecule has 0 bridgehead atoms. The minimum absolute atomic E-state index is 0.00902. The molecular formula is C10H15ClFN3O4. The van der Waals surface area contributed by atoms with Crippen molar-refractivity contribution in [3.8, 4) is 0 Å². The largest absolute Gasteiger partial charge is 0.393 e. The number of alkyl halides is 2. The normalized spacial score (nSPS) is 17.7. The number of nitrogens with two attached hydrogens (primary N) is 1. The molecule has 0 unspecified atom stereocenters. The molecule has 0 fully saturated rings. The van der Waals surface area contributed by atoms with E-state index in [4.69, 9.17) is 27.2 Å². The summed E-state index contributed by atoms with van der Waals surface area (Å²) in [5.74, 6) is -0.00902. The second kappa shape index (κ2) is 6.29. The molecule has 1 rings (SSSR count). The van der Waals surface area contributed by atoms with E-state index in [2.05, 4.69) is 4.98 Å². The van der Waals surface area contributed by atoms with Crippen LogP contribution in [0.4, 0.5) is 10.2 Å². The summed E-state index contributed by atoms with van der Waals surface area (Å²) in [6.07, 6.45) is -0.459. The summed E-state index contributed by atoms with van der Waals surface area (Å²) in [4.78, 5) is 15.0. The Balaban J connectivity index is 3.11. The van der Waals surface area contributed by atoms with E-state index in [9.17, 15) is 14.3 Å². The molecular weight excluding hydrogens is 281 g/mol. The molecule has 4 N–H and O–H groups in total. The van der Waals surface area contributed by atoms with Gasteiger partial charge in [0.25, 0.3) is 0 Å². The lowest BCUT2D eigenvalue weighted by molar-refractivity contribution is -0.145. The molecule has 0 aliphatic heterocycles. The van der Waals surface area contributed by atoms with Gasteiger partial charge in [0.1, 0.15) is 29.7 Å². The standard InChI is InChI=1S/C10H15ClFN3O4/c1-19-10(4-12,5-16)7(17)8(11)15-3-2-6(13)14-9(15)18/h2-3,7-8,16-17H,4-5H2,1H3,(H2,13,14,18)/t7-,8-,10+/m0/s1. The molecule has 19 heavy (non-hydrogen) atoms. The topological polar surface area (TPSA) is 111 Å². The van der Waals surface area contributed by atoms with Gasteiger partial charge in [-0.1, -0.05) is 11.6 Å². The number of hydrogen-bond acceptors (Lipinski definition) is 6. The predicted octanol–water partition coefficient (Wildman–Crippen LogP) is -0.729. The Morgan fingerprint density at radius 2 is 2.37 bits per heavy atom. The third kappa shape index (κ3) is 3.03. The van der Waals surface area contributed by atoms with Gasteiger partial charge in [0.05, 0.1) is 6.61 Å². The van der Waals surface area contributed by atoms with Crippen LogP contribution in [0.1, 0.15) is 5.50 Å². The van der Waals surface area contributed by atoms with Crippen LogP contribution in [0.5, 0.6) is 0 Å². The highest BCUT2D eigenvalue weighted by molar-refractivity contribution is 6.19. The summed E-state index contributed by atoms with van der Waals surface area (Å²) in [6, 6.07) is 1.30. The molecule has 0 saturated carbocycles. The van der Waals surface area contributed by atoms with Gasteiger partial charge < -0.3 is 20.7 Å². The van der Waals surface area contributed by atoms with Crippen LogP contribution in [0.2, 0.25) is 0 Å². The summed E-state index contributed by atoms with van der Waals surface area (Å²) < 4.78 is 18.6. The Morgan fingerprint density at radius 3 is 2.79 bits per heavy atom. The highest BCUT2D eigenvalue weighted by Gasteiger charge is 2.43. The SMILES string of the molecule is CO[C@@](CO)(CF)[C@@H](O)[C@@H](Cl)n1ccc(N)nc1=O. The van der Waals surface area contributed by atoms with Crippen LogP contribution in [-0.4, -0.2) is 51.9 Å². The Hall–Kier alpha value is -1.22. The maximum Gasteiger partial charge on any atom is 0.350 e. The van der Waals surface area contributed by atoms with Gasteiger partial charge in [0.15, 0.2) is 0 Å². The van der Waals surface area contributed by atoms with Crippen LogP contribution >= 0.6 is 11.6 Å². The average Bonchev–Trinajstić information content (AvgIpc) is 2.40. The molecule has 1 heterocycles. The van der Waals surface area contributed by atoms with Crippen molar-refractivity contribution in [1.29, 1.82) is 0 Å². The van der Waals surface area contributed by atoms with Gasteiger partial charge in [0, 0.05) is 13.3 Å². The Kier molecular flexibility index (Phi) is 5.24. The zero-order valence-electron chi connectivity index (χ0n) is 10.2. The maximum absolute atomic E-state index is 13.0. The first-order valence-electron chi connectivity index (χ1n) is 5.30. The lowest BCUT2D eigenvalue weighted by Gasteiger charge is -2.35. The summed E-state index contributed by atoms with van der Waals surface area (Å²) in [7, 11) is 1.12. The first-order valence-corrected chi connectivity index (χ1v) is 5.74. The van der Waals surface area contributed by atoms with E-state index in [1.807, 2.05) is 0 Å². The monoisotopic (exact) mass is 295 g/mol. The molecule has 1 aromatic rings. The second-order valence-electron chi connectivity index (χ2n) is 3.92. The Bertz CT molecular complexity index is 472. The highest BCUT2D eigenvalue weighted by atomic mass is 35.5. The molecule has 1 aromatic heterocycles. The number of ether oxygens (including phenoxy) is 1. The van der Waals surface area contributed by atoms with Crippen molar-refractivity contribution in [3.05, 3.63) is 22.7 Å². The minimum Gasteiger partial charge on any atom is -0.393 e. The van der Waals surface area contributed by atoms with Gasteiger partial charge in [-0.2, -0.15) is 4.98 Å². The van der Waals surface area contributed by atoms with E-state index < -0.39 is 36.2 Å². The fourth-order valence-electron chi connectivity index (χ4n) is 1.47. The van der Waals surface area contributed by atoms with Crippen LogP contribution in [0, 0.1) is 0 Å². The summed E-state index contributed by atoms with van der Waals surface area (Å²) in [5.41, 5.74) is 1.23. The molecule has 0 saturated heterocycles. The van der Waals surface area contributed by atoms with E-state index in [1.165, 1.54) is 12.3 Å². The third-order valence-electron chi connectivity index (χ3n) is 2.82. The molecule has 0 aromatic carbocycles. The Morgan fingerprint density at radius 1 is 1.74 bits per heavy atom. The molecule has 108 valence electrons. The predicted molar refractivity (Wildman–Crippen MR) is 66.6 cm³/mol. The molecule has 0 spiro atoms. The van der Waals surface area contributed by atoms with Gasteiger partial charge in [-0.3, -0.25) is 4.57 Å². The number of anilines is 1. The van der Waals surface area contributed by atoms with Gasteiger partial charge in [0.2, 0.25) is 0 Å². The fraction of sp³-hybridized carbons (Fsp3) is 0.600. The van der Waals surface area contributed by atoms with E-state index in [0.29, 0.717) is 0 Å². The zero-order valence-corrected chi connectivity index (χ0v) is 10.9. The number of nitrogen functional groups attached to an aromatic ring is 1. The van der Waals surface area contributed by atoms with Crippen LogP contribution in [0.3, 0.4) is 0 Å². The number of aliphatic hydroxyl groups excluding tert-OH is 2. The quantitative estimate of drug-likeness (QED) is 0.597. The number of rotatable bonds is 6. The number of methoxy groups -OCH3 is 1. The molecule has 7 nitrogen and oxygen atoms in total. The van der Waals surface area contributed by atoms with Crippen LogP contribution < -0.4 is 11.4 Å². The van der Waals surface area contributed by atoms with Gasteiger partial charge in [-0.25, -0.2) is 9.18 Å². The van der Waals surface area contributed by atoms with Gasteiger partial charge in [-0.15, -0.1) is 0 Å². The molecule has 0 aliphatic rings. The number of halogens is 2. The van der Waals surface area contributed by atoms with Crippen molar-refractivity contribution in [3.63, 3.8) is 0 Å². The first-order chi connectivity index (χ1) is 8.91. The molecule has 0 radical (unpaired) electrons. The second-order valence-corrected chi connectivity index (χ2v) is 4.37. The maximum atomic E-state index is 13.0. The lowest BCUT2D eigenvalue weighted by Crippen LogP contribution is -2.53. The summed E-state index contributed by atoms with van der Waals surface area (Å²) >= 11 is 5.91. The van der Waals surface area contributed by atoms with Gasteiger partial charge >= 0.3 is 5.69 Å². The van der Waals surface area contributed by atoms with Gasteiger partial charge in [-0.05, 0) is 6.07 Å². The summed E-state index contributed by atoms with van der Waals surface area (Å²) in [5, 5.41) is 19.1. The van der Waals surface area contributed by atoms with E-state index in [0.717, 1.165) is 11.7 Å². The number of hydrogen-bond donors (Lipinski definition) is 3. The first kappa shape index (κ1) is 15.8. The number of nitrogens with zero attached hydrogens (tertiary/aromatic N) is 2. The molecule has 0 amide bonds. The van der Waals surface area contributed by atoms with Crippen molar-refractivity contribution in [2.24, 2.45) is 0 Å². The molecule has 0 aliphatic carbocycles. The molecule has 9 heteroatoms. The summed E-state index contributed by atoms with van der Waals surface area (Å²) in [6.45, 7) is -1.98. The van der Waals surface area contributed by atoms with Crippen molar-refractivity contribution in [2.45, 2.75) is 17.2 Å². The zero-order chi connectivity index (χ0) is 14.6. The van der Waals surface area contributed by atoms with Crippen molar-refractivity contribution < 1.29 is 19.3 Å². The van der Waals surface area contributed by atoms with E-state index in [-0.39, 0.29) is 5.82 Å². The fourth-order valence-corrected chi connectivity index (χ4v) is 1.85. The smallest absolute Gasteiger partial charge is 0.350 e. The van der Waals surface area contributed by atoms with Crippen molar-refractivity contribution >= 4 is 17.4 Å². The number of aliphatic hydroxyl groups is 2. The average molecular weight is 296 g/mol. The van der Waals surface area contributed by atoms with Crippen molar-refractivity contribution in [1.82, 2.24) is 9.55 Å². The highest BCUT2D eigenvalue weighted by Crippen LogP contribution is 2.27. The lowest BCUT2D eigenvalue weighted by atomic mass is 9.98. The number of aromatic nitrogens is 2. The molecule has 3 atom stereocenters. The van der Waals surface area contributed by atoms with Crippen LogP contribution in [0.15, 0.2) is 17.1 Å². The van der Waals surface area contributed by atoms with Crippen molar-refractivity contribution in [2.75, 3.05) is 26.1 Å². The third-order valence-corrected chi connectivity index (χ3v) is 3.27. The minimum atomic E-state index is -1.91. The van der Waals surface area contributed by atoms with Crippen LogP contribution in [0.25, 0.3) is 0 Å². The van der Waals surface area contributed by atoms with E-state index >= 15 is 0 Å². The van der Waals surface area contributed by atoms with Crippen LogP contribution in [-0.2, 0) is 4.74 Å². The Labute approximate surface area is 113 Å².